The molecule has 2 N–H and O–H groups in total. The van der Waals surface area contributed by atoms with Crippen LogP contribution >= 0.6 is 11.3 Å². The van der Waals surface area contributed by atoms with E-state index in [4.69, 9.17) is 19.2 Å². The molecule has 2 aromatic heterocycles. The van der Waals surface area contributed by atoms with Crippen LogP contribution in [0.3, 0.4) is 0 Å². The van der Waals surface area contributed by atoms with Gasteiger partial charge in [0.15, 0.2) is 5.13 Å². The molecule has 0 spiro atoms. The maximum absolute atomic E-state index is 13.0. The summed E-state index contributed by atoms with van der Waals surface area (Å²) in [5.41, 5.74) is 2.36. The molecular formula is C24H22N4O5S. The van der Waals surface area contributed by atoms with Gasteiger partial charge in [0.2, 0.25) is 0 Å². The number of anilines is 1. The molecule has 0 unspecified atom stereocenters. The molecule has 0 aliphatic carbocycles. The van der Waals surface area contributed by atoms with Crippen molar-refractivity contribution in [1.29, 1.82) is 0 Å². The zero-order chi connectivity index (χ0) is 23.9. The summed E-state index contributed by atoms with van der Waals surface area (Å²) >= 11 is 1.33. The molecule has 4 rings (SSSR count). The van der Waals surface area contributed by atoms with Crippen LogP contribution in [-0.4, -0.2) is 47.2 Å². The molecule has 0 fully saturated rings. The number of rotatable bonds is 9. The number of carbonyl (C=O) groups excluding carboxylic acids is 2. The van der Waals surface area contributed by atoms with Crippen LogP contribution in [0.1, 0.15) is 17.4 Å². The van der Waals surface area contributed by atoms with Crippen LogP contribution in [0.5, 0.6) is 11.5 Å². The average Bonchev–Trinajstić information content (AvgIpc) is 3.52. The molecule has 2 heterocycles. The number of ether oxygens (including phenoxy) is 3. The van der Waals surface area contributed by atoms with Gasteiger partial charge in [0.1, 0.15) is 41.9 Å². The lowest BCUT2D eigenvalue weighted by Crippen LogP contribution is -2.13. The average molecular weight is 479 g/mol. The van der Waals surface area contributed by atoms with Gasteiger partial charge in [-0.2, -0.15) is 0 Å². The van der Waals surface area contributed by atoms with E-state index >= 15 is 0 Å². The van der Waals surface area contributed by atoms with Gasteiger partial charge >= 0.3 is 5.97 Å². The van der Waals surface area contributed by atoms with Crippen LogP contribution in [0.15, 0.2) is 60.1 Å². The van der Waals surface area contributed by atoms with Crippen molar-refractivity contribution in [3.8, 4) is 34.1 Å². The molecule has 0 aliphatic rings. The van der Waals surface area contributed by atoms with E-state index in [9.17, 15) is 9.59 Å². The third-order valence-electron chi connectivity index (χ3n) is 4.73. The second-order valence-electron chi connectivity index (χ2n) is 7.04. The number of aromatic amines is 1. The van der Waals surface area contributed by atoms with Gasteiger partial charge in [-0.3, -0.25) is 14.9 Å². The number of nitrogens with zero attached hydrogens (tertiary/aromatic N) is 2. The Bertz CT molecular complexity index is 1250. The minimum absolute atomic E-state index is 0.179. The van der Waals surface area contributed by atoms with Gasteiger partial charge in [-0.15, -0.1) is 11.3 Å². The quantitative estimate of drug-likeness (QED) is 0.271. The highest BCUT2D eigenvalue weighted by Gasteiger charge is 2.20. The molecular weight excluding hydrogens is 456 g/mol. The second kappa shape index (κ2) is 10.6. The summed E-state index contributed by atoms with van der Waals surface area (Å²) < 4.78 is 15.7. The van der Waals surface area contributed by atoms with Gasteiger partial charge in [0.25, 0.3) is 5.91 Å². The van der Waals surface area contributed by atoms with E-state index in [1.807, 2.05) is 36.4 Å². The molecule has 0 atom stereocenters. The molecule has 174 valence electrons. The predicted molar refractivity (Wildman–Crippen MR) is 128 cm³/mol. The molecule has 34 heavy (non-hydrogen) atoms. The first-order valence-corrected chi connectivity index (χ1v) is 11.2. The smallest absolute Gasteiger partial charge is 0.302 e. The van der Waals surface area contributed by atoms with Gasteiger partial charge in [-0.05, 0) is 48.5 Å². The number of esters is 1. The standard InChI is InChI=1S/C24H22N4O5S/c1-15(29)32-12-13-33-19-9-5-17(6-10-19)22-26-20(16-3-7-18(31-2)8-4-16)21(27-22)23(30)28-24-25-11-14-34-24/h3-11,14H,12-13H2,1-2H3,(H,26,27)(H,25,28,30). The second-order valence-corrected chi connectivity index (χ2v) is 7.94. The van der Waals surface area contributed by atoms with E-state index in [0.717, 1.165) is 11.1 Å². The molecule has 0 bridgehead atoms. The summed E-state index contributed by atoms with van der Waals surface area (Å²) in [7, 11) is 1.60. The third-order valence-corrected chi connectivity index (χ3v) is 5.42. The van der Waals surface area contributed by atoms with Crippen molar-refractivity contribution in [2.45, 2.75) is 6.92 Å². The number of aromatic nitrogens is 3. The third kappa shape index (κ3) is 5.59. The lowest BCUT2D eigenvalue weighted by atomic mass is 10.1. The van der Waals surface area contributed by atoms with Crippen molar-refractivity contribution in [3.63, 3.8) is 0 Å². The number of benzene rings is 2. The molecule has 2 aromatic carbocycles. The fraction of sp³-hybridized carbons (Fsp3) is 0.167. The van der Waals surface area contributed by atoms with E-state index in [2.05, 4.69) is 15.3 Å². The summed E-state index contributed by atoms with van der Waals surface area (Å²) in [6, 6.07) is 14.6. The number of amides is 1. The van der Waals surface area contributed by atoms with Crippen molar-refractivity contribution in [2.75, 3.05) is 25.6 Å². The van der Waals surface area contributed by atoms with E-state index in [1.165, 1.54) is 18.3 Å². The highest BCUT2D eigenvalue weighted by Crippen LogP contribution is 2.29. The topological polar surface area (TPSA) is 115 Å². The number of hydrogen-bond acceptors (Lipinski definition) is 8. The summed E-state index contributed by atoms with van der Waals surface area (Å²) in [4.78, 5) is 35.8. The minimum atomic E-state index is -0.348. The number of thiazole rings is 1. The van der Waals surface area contributed by atoms with Gasteiger partial charge in [0.05, 0.1) is 7.11 Å². The lowest BCUT2D eigenvalue weighted by Gasteiger charge is -2.06. The van der Waals surface area contributed by atoms with Crippen LogP contribution in [0.2, 0.25) is 0 Å². The van der Waals surface area contributed by atoms with Gasteiger partial charge in [0, 0.05) is 29.6 Å². The number of imidazole rings is 1. The fourth-order valence-electron chi connectivity index (χ4n) is 3.13. The van der Waals surface area contributed by atoms with Crippen molar-refractivity contribution in [3.05, 3.63) is 65.8 Å². The van der Waals surface area contributed by atoms with Crippen LogP contribution in [0, 0.1) is 0 Å². The van der Waals surface area contributed by atoms with Crippen LogP contribution in [-0.2, 0) is 9.53 Å². The maximum Gasteiger partial charge on any atom is 0.302 e. The molecule has 1 amide bonds. The number of carbonyl (C=O) groups is 2. The van der Waals surface area contributed by atoms with E-state index in [-0.39, 0.29) is 25.1 Å². The van der Waals surface area contributed by atoms with Crippen LogP contribution < -0.4 is 14.8 Å². The zero-order valence-electron chi connectivity index (χ0n) is 18.5. The predicted octanol–water partition coefficient (Wildman–Crippen LogP) is 4.40. The zero-order valence-corrected chi connectivity index (χ0v) is 19.3. The van der Waals surface area contributed by atoms with Gasteiger partial charge in [-0.1, -0.05) is 0 Å². The van der Waals surface area contributed by atoms with Crippen molar-refractivity contribution >= 4 is 28.3 Å². The minimum Gasteiger partial charge on any atom is -0.497 e. The number of methoxy groups -OCH3 is 1. The fourth-order valence-corrected chi connectivity index (χ4v) is 3.65. The van der Waals surface area contributed by atoms with E-state index in [0.29, 0.717) is 33.8 Å². The van der Waals surface area contributed by atoms with Gasteiger partial charge < -0.3 is 19.2 Å². The molecule has 0 radical (unpaired) electrons. The lowest BCUT2D eigenvalue weighted by molar-refractivity contribution is -0.141. The Morgan fingerprint density at radius 1 is 1.00 bits per heavy atom. The Balaban J connectivity index is 1.59. The van der Waals surface area contributed by atoms with Crippen LogP contribution in [0.4, 0.5) is 5.13 Å². The van der Waals surface area contributed by atoms with Crippen LogP contribution in [0.25, 0.3) is 22.6 Å². The number of H-pyrrole nitrogens is 1. The molecule has 9 nitrogen and oxygen atoms in total. The van der Waals surface area contributed by atoms with E-state index in [1.54, 1.807) is 30.8 Å². The first-order valence-electron chi connectivity index (χ1n) is 10.4. The Kier molecular flexibility index (Phi) is 7.19. The van der Waals surface area contributed by atoms with E-state index < -0.39 is 0 Å². The molecule has 10 heteroatoms. The molecule has 0 saturated carbocycles. The maximum atomic E-state index is 13.0. The SMILES string of the molecule is COc1ccc(-c2nc(-c3ccc(OCCOC(C)=O)cc3)[nH]c2C(=O)Nc2nccs2)cc1. The summed E-state index contributed by atoms with van der Waals surface area (Å²) in [5.74, 6) is 1.17. The molecule has 0 saturated heterocycles. The van der Waals surface area contributed by atoms with Crippen molar-refractivity contribution in [1.82, 2.24) is 15.0 Å². The Hall–Kier alpha value is -4.18. The Labute approximate surface area is 199 Å². The summed E-state index contributed by atoms with van der Waals surface area (Å²) in [6.45, 7) is 1.78. The largest absolute Gasteiger partial charge is 0.497 e. The summed E-state index contributed by atoms with van der Waals surface area (Å²) in [6.07, 6.45) is 1.62. The molecule has 4 aromatic rings. The summed E-state index contributed by atoms with van der Waals surface area (Å²) in [5, 5.41) is 5.08. The highest BCUT2D eigenvalue weighted by atomic mass is 32.1. The monoisotopic (exact) mass is 478 g/mol. The van der Waals surface area contributed by atoms with Crippen molar-refractivity contribution in [2.24, 2.45) is 0 Å². The molecule has 0 aliphatic heterocycles. The number of hydrogen-bond donors (Lipinski definition) is 2. The van der Waals surface area contributed by atoms with Crippen molar-refractivity contribution < 1.29 is 23.8 Å². The highest BCUT2D eigenvalue weighted by molar-refractivity contribution is 7.13. The Morgan fingerprint density at radius 2 is 1.71 bits per heavy atom. The first kappa shape index (κ1) is 23.0. The number of nitrogens with one attached hydrogen (secondary N) is 2. The van der Waals surface area contributed by atoms with Gasteiger partial charge in [-0.25, -0.2) is 9.97 Å². The Morgan fingerprint density at radius 3 is 2.35 bits per heavy atom. The first-order chi connectivity index (χ1) is 16.5. The normalized spacial score (nSPS) is 10.5.